The van der Waals surface area contributed by atoms with Gasteiger partial charge in [0, 0.05) is 30.9 Å². The summed E-state index contributed by atoms with van der Waals surface area (Å²) in [7, 11) is 0. The van der Waals surface area contributed by atoms with Crippen LogP contribution in [0.4, 0.5) is 0 Å². The molecule has 3 rings (SSSR count). The highest BCUT2D eigenvalue weighted by Crippen LogP contribution is 2.26. The van der Waals surface area contributed by atoms with Crippen LogP contribution >= 0.6 is 0 Å². The van der Waals surface area contributed by atoms with E-state index in [-0.39, 0.29) is 0 Å². The van der Waals surface area contributed by atoms with Crippen molar-refractivity contribution < 1.29 is 0 Å². The molecule has 3 nitrogen and oxygen atoms in total. The van der Waals surface area contributed by atoms with Gasteiger partial charge < -0.3 is 0 Å². The molecule has 0 aliphatic carbocycles. The van der Waals surface area contributed by atoms with E-state index in [0.29, 0.717) is 5.92 Å². The van der Waals surface area contributed by atoms with Gasteiger partial charge in [-0.3, -0.25) is 4.90 Å². The number of piperidine rings is 1. The molecule has 3 heteroatoms. The quantitative estimate of drug-likeness (QED) is 0.855. The maximum atomic E-state index is 4.60. The molecule has 104 valence electrons. The molecule has 1 saturated heterocycles. The molecular weight excluding hydrogens is 246 g/mol. The lowest BCUT2D eigenvalue weighted by Gasteiger charge is -2.32. The molecule has 0 radical (unpaired) electrons. The molecule has 20 heavy (non-hydrogen) atoms. The summed E-state index contributed by atoms with van der Waals surface area (Å²) in [4.78, 5) is 11.3. The molecular formula is C17H21N3. The number of aryl methyl sites for hydroxylation is 1. The zero-order valence-electron chi connectivity index (χ0n) is 12.0. The van der Waals surface area contributed by atoms with E-state index < -0.39 is 0 Å². The highest BCUT2D eigenvalue weighted by Gasteiger charge is 2.22. The highest BCUT2D eigenvalue weighted by molar-refractivity contribution is 5.15. The summed E-state index contributed by atoms with van der Waals surface area (Å²) >= 11 is 0. The van der Waals surface area contributed by atoms with E-state index in [2.05, 4.69) is 51.3 Å². The molecule has 1 aliphatic rings. The Hall–Kier alpha value is -1.74. The van der Waals surface area contributed by atoms with Crippen molar-refractivity contribution in [3.05, 3.63) is 59.7 Å². The Balaban J connectivity index is 1.67. The van der Waals surface area contributed by atoms with Crippen LogP contribution in [0.15, 0.2) is 42.6 Å². The summed E-state index contributed by atoms with van der Waals surface area (Å²) in [5.74, 6) is 1.43. The van der Waals surface area contributed by atoms with Crippen LogP contribution in [0.25, 0.3) is 0 Å². The third-order valence-corrected chi connectivity index (χ3v) is 3.97. The van der Waals surface area contributed by atoms with Crippen LogP contribution in [-0.4, -0.2) is 28.0 Å². The normalized spacial score (nSPS) is 19.9. The van der Waals surface area contributed by atoms with Gasteiger partial charge in [-0.05, 0) is 37.9 Å². The lowest BCUT2D eigenvalue weighted by molar-refractivity contribution is 0.198. The standard InChI is InChI=1S/C17H21N3/c1-14-18-10-9-17(19-14)16-8-5-11-20(13-16)12-15-6-3-2-4-7-15/h2-4,6-7,9-10,16H,5,8,11-13H2,1H3/t16-/m1/s1. The van der Waals surface area contributed by atoms with Crippen molar-refractivity contribution in [3.63, 3.8) is 0 Å². The molecule has 0 spiro atoms. The topological polar surface area (TPSA) is 29.0 Å². The number of likely N-dealkylation sites (tertiary alicyclic amines) is 1. The Morgan fingerprint density at radius 1 is 1.20 bits per heavy atom. The van der Waals surface area contributed by atoms with Crippen molar-refractivity contribution in [2.75, 3.05) is 13.1 Å². The molecule has 1 aromatic heterocycles. The highest BCUT2D eigenvalue weighted by atomic mass is 15.1. The number of benzene rings is 1. The minimum absolute atomic E-state index is 0.550. The first kappa shape index (κ1) is 13.3. The predicted octanol–water partition coefficient (Wildman–Crippen LogP) is 3.16. The second kappa shape index (κ2) is 6.14. The third kappa shape index (κ3) is 3.23. The molecule has 2 heterocycles. The number of rotatable bonds is 3. The SMILES string of the molecule is Cc1nccc([C@@H]2CCCN(Cc3ccccc3)C2)n1. The smallest absolute Gasteiger partial charge is 0.125 e. The lowest BCUT2D eigenvalue weighted by Crippen LogP contribution is -2.34. The van der Waals surface area contributed by atoms with E-state index in [1.54, 1.807) is 0 Å². The number of aromatic nitrogens is 2. The van der Waals surface area contributed by atoms with Gasteiger partial charge in [-0.1, -0.05) is 30.3 Å². The first-order valence-corrected chi connectivity index (χ1v) is 7.37. The molecule has 0 bridgehead atoms. The van der Waals surface area contributed by atoms with Gasteiger partial charge in [-0.25, -0.2) is 9.97 Å². The van der Waals surface area contributed by atoms with Gasteiger partial charge in [-0.15, -0.1) is 0 Å². The summed E-state index contributed by atoms with van der Waals surface area (Å²) in [6.45, 7) is 5.30. The second-order valence-corrected chi connectivity index (χ2v) is 5.59. The molecule has 1 atom stereocenters. The number of nitrogens with zero attached hydrogens (tertiary/aromatic N) is 3. The predicted molar refractivity (Wildman–Crippen MR) is 80.5 cm³/mol. The summed E-state index contributed by atoms with van der Waals surface area (Å²) in [5.41, 5.74) is 2.60. The zero-order valence-corrected chi connectivity index (χ0v) is 12.0. The molecule has 1 aliphatic heterocycles. The zero-order chi connectivity index (χ0) is 13.8. The molecule has 0 unspecified atom stereocenters. The van der Waals surface area contributed by atoms with Crippen LogP contribution in [0, 0.1) is 6.92 Å². The average Bonchev–Trinajstić information content (AvgIpc) is 2.49. The number of hydrogen-bond acceptors (Lipinski definition) is 3. The Morgan fingerprint density at radius 3 is 2.85 bits per heavy atom. The fraction of sp³-hybridized carbons (Fsp3) is 0.412. The van der Waals surface area contributed by atoms with Crippen LogP contribution in [0.5, 0.6) is 0 Å². The van der Waals surface area contributed by atoms with Crippen molar-refractivity contribution in [2.45, 2.75) is 32.2 Å². The lowest BCUT2D eigenvalue weighted by atomic mass is 9.94. The van der Waals surface area contributed by atoms with E-state index in [9.17, 15) is 0 Å². The minimum Gasteiger partial charge on any atom is -0.298 e. The van der Waals surface area contributed by atoms with Gasteiger partial charge in [0.15, 0.2) is 0 Å². The minimum atomic E-state index is 0.550. The van der Waals surface area contributed by atoms with E-state index in [0.717, 1.165) is 18.9 Å². The summed E-state index contributed by atoms with van der Waals surface area (Å²) in [6.07, 6.45) is 4.37. The second-order valence-electron chi connectivity index (χ2n) is 5.59. The maximum Gasteiger partial charge on any atom is 0.125 e. The van der Waals surface area contributed by atoms with Crippen LogP contribution in [-0.2, 0) is 6.54 Å². The largest absolute Gasteiger partial charge is 0.298 e. The molecule has 1 fully saturated rings. The van der Waals surface area contributed by atoms with Crippen molar-refractivity contribution in [3.8, 4) is 0 Å². The molecule has 2 aromatic rings. The molecule has 0 amide bonds. The Bertz CT molecular complexity index is 553. The van der Waals surface area contributed by atoms with Gasteiger partial charge in [-0.2, -0.15) is 0 Å². The van der Waals surface area contributed by atoms with E-state index in [1.165, 1.54) is 30.6 Å². The van der Waals surface area contributed by atoms with Gasteiger partial charge in [0.25, 0.3) is 0 Å². The fourth-order valence-electron chi connectivity index (χ4n) is 2.98. The molecule has 0 saturated carbocycles. The van der Waals surface area contributed by atoms with Gasteiger partial charge in [0.05, 0.1) is 0 Å². The Kier molecular flexibility index (Phi) is 4.07. The maximum absolute atomic E-state index is 4.60. The van der Waals surface area contributed by atoms with Crippen molar-refractivity contribution in [1.29, 1.82) is 0 Å². The van der Waals surface area contributed by atoms with Crippen LogP contribution in [0.3, 0.4) is 0 Å². The van der Waals surface area contributed by atoms with E-state index in [1.807, 2.05) is 13.1 Å². The molecule has 0 N–H and O–H groups in total. The van der Waals surface area contributed by atoms with E-state index >= 15 is 0 Å². The summed E-state index contributed by atoms with van der Waals surface area (Å²) in [5, 5.41) is 0. The third-order valence-electron chi connectivity index (χ3n) is 3.97. The summed E-state index contributed by atoms with van der Waals surface area (Å²) in [6, 6.07) is 12.8. The number of hydrogen-bond donors (Lipinski definition) is 0. The van der Waals surface area contributed by atoms with E-state index in [4.69, 9.17) is 0 Å². The van der Waals surface area contributed by atoms with Crippen LogP contribution in [0.1, 0.15) is 35.8 Å². The van der Waals surface area contributed by atoms with Crippen LogP contribution in [0.2, 0.25) is 0 Å². The Labute approximate surface area is 120 Å². The molecule has 1 aromatic carbocycles. The van der Waals surface area contributed by atoms with Gasteiger partial charge in [0.1, 0.15) is 5.82 Å². The first-order chi connectivity index (χ1) is 9.81. The van der Waals surface area contributed by atoms with Gasteiger partial charge >= 0.3 is 0 Å². The first-order valence-electron chi connectivity index (χ1n) is 7.37. The fourth-order valence-corrected chi connectivity index (χ4v) is 2.98. The monoisotopic (exact) mass is 267 g/mol. The van der Waals surface area contributed by atoms with Crippen molar-refractivity contribution in [1.82, 2.24) is 14.9 Å². The summed E-state index contributed by atoms with van der Waals surface area (Å²) < 4.78 is 0. The average molecular weight is 267 g/mol. The van der Waals surface area contributed by atoms with Crippen LogP contribution < -0.4 is 0 Å². The Morgan fingerprint density at radius 2 is 2.05 bits per heavy atom. The van der Waals surface area contributed by atoms with Crippen molar-refractivity contribution >= 4 is 0 Å². The van der Waals surface area contributed by atoms with Crippen molar-refractivity contribution in [2.24, 2.45) is 0 Å². The van der Waals surface area contributed by atoms with Gasteiger partial charge in [0.2, 0.25) is 0 Å².